The molecule has 7 N–H and O–H groups in total. The summed E-state index contributed by atoms with van der Waals surface area (Å²) in [6, 6.07) is 12.4. The molecule has 6 saturated carbocycles. The molecule has 8 aliphatic carbocycles. The predicted molar refractivity (Wildman–Crippen MR) is 428 cm³/mol. The van der Waals surface area contributed by atoms with E-state index in [0.717, 1.165) is 56.4 Å². The van der Waals surface area contributed by atoms with E-state index in [1.807, 2.05) is 27.7 Å². The van der Waals surface area contributed by atoms with Crippen LogP contribution in [0.25, 0.3) is 0 Å². The zero-order chi connectivity index (χ0) is 74.4. The number of carbonyl (C=O) groups is 10. The summed E-state index contributed by atoms with van der Waals surface area (Å²) in [4.78, 5) is 127. The SMILES string of the molecule is C.C.C=C[C@@]1(C)C[C@H](OC(=O)CO)[C@]2(C)C3C(=O)CC[C@]3(CC[C@@H]2C)[C@H](C)[C@H]1O.C=C[C@@]1(C)C[C@H](OC(=O)COC(=O)c2cc(O)c3c(c2)C(=O)c2cccc(O)c2C3=O)[C@]2(C)C3C(=O)CC[C@]3(CC[C@@H]2C)[C@H](C)[C@H]1O.I.II.I[I-]I.O=C(Cl)c1cc(O)c2c(c1)C(=O)c1cccc(O)c1C2=O. The van der Waals surface area contributed by atoms with E-state index in [4.69, 9.17) is 25.8 Å². The molecule has 2 unspecified atom stereocenters. The van der Waals surface area contributed by atoms with E-state index in [1.165, 1.54) is 36.4 Å². The molecule has 0 aromatic heterocycles. The maximum atomic E-state index is 13.6. The van der Waals surface area contributed by atoms with Crippen molar-refractivity contribution in [2.24, 2.45) is 68.0 Å². The molecule has 4 aromatic carbocycles. The quantitative estimate of drug-likeness (QED) is 0.0232. The second-order valence-electron chi connectivity index (χ2n) is 28.7. The minimum atomic E-state index is -1.04. The number of ketones is 6. The predicted octanol–water partition coefficient (Wildman–Crippen LogP) is 12.5. The van der Waals surface area contributed by atoms with Crippen LogP contribution in [0.5, 0.6) is 23.0 Å². The number of aliphatic hydroxyl groups excluding tert-OH is 3. The molecule has 27 heteroatoms. The van der Waals surface area contributed by atoms with Crippen LogP contribution in [0.1, 0.15) is 219 Å². The summed E-state index contributed by atoms with van der Waals surface area (Å²) in [6.45, 7) is 22.7. The van der Waals surface area contributed by atoms with Gasteiger partial charge in [0.05, 0.1) is 40.0 Å². The molecule has 4 aromatic rings. The molecule has 4 bridgehead atoms. The average molecular weight is 2120 g/mol. The van der Waals surface area contributed by atoms with Crippen LogP contribution < -0.4 is 13.3 Å². The van der Waals surface area contributed by atoms with Gasteiger partial charge in [0.15, 0.2) is 18.2 Å². The molecule has 20 nitrogen and oxygen atoms in total. The number of aromatic hydroxyl groups is 4. The molecule has 564 valence electrons. The number of ether oxygens (including phenoxy) is 3. The number of aliphatic hydroxyl groups is 3. The molecular formula is C76H90ClI6O20-. The fraction of sp³-hybridized carbons (Fsp3) is 0.500. The number of Topliss-reactive ketones (excluding diaryl/α,β-unsaturated/α-hetero) is 2. The zero-order valence-electron chi connectivity index (χ0n) is 56.7. The molecule has 0 saturated heterocycles. The third-order valence-electron chi connectivity index (χ3n) is 24.3. The molecule has 103 heavy (non-hydrogen) atoms. The van der Waals surface area contributed by atoms with Crippen molar-refractivity contribution in [1.29, 1.82) is 0 Å². The number of hydrogen-bond donors (Lipinski definition) is 7. The van der Waals surface area contributed by atoms with Crippen LogP contribution in [-0.2, 0) is 33.4 Å². The van der Waals surface area contributed by atoms with Crippen LogP contribution in [0.2, 0.25) is 0 Å². The Kier molecular flexibility index (Phi) is 30.8. The van der Waals surface area contributed by atoms with E-state index in [9.17, 15) is 83.7 Å². The number of phenolic OH excluding ortho intramolecular Hbond substituents is 4. The van der Waals surface area contributed by atoms with Gasteiger partial charge in [-0.25, -0.2) is 14.4 Å². The Bertz CT molecular complexity index is 4030. The molecule has 0 amide bonds. The second-order valence-corrected chi connectivity index (χ2v) is 45.3. The van der Waals surface area contributed by atoms with Crippen LogP contribution >= 0.6 is 110 Å². The van der Waals surface area contributed by atoms with Gasteiger partial charge in [-0.1, -0.05) is 107 Å². The standard InChI is InChI=1S/C37H40O10.C22H34O5.C15H7ClO5.2CH4.I3.I2.HI/c1-6-35(4)16-26(36(5)18(2)10-12-37(19(3)33(35)44)13-11-24(39)32(36)37)47-27(41)17-46-34(45)20-14-22-29(25(40)15-20)31(43)28-21(30(22)42)8-7-9-23(28)38;1-6-20(4)11-16(27-17(25)12-23)21(5)13(2)7-9-22(14(3)19(20)26)10-8-15(24)18(21)22;16-15(21)6-4-8-12(10(18)5-6)14(20)11-7(13(8)19)2-1-3-9(11)17;;;1-3-2;1-2;/h6-9,14-15,18-19,26,32-33,38,40,44H,1,10-13,16-17H2,2-5H3;6,13-14,16,18-19,23,26H,1,7-12H2,2-5H3;1-5,17-18H;2*1H4;;;1H/q;;;;;-1;;/t18-,19+,26-,32?,33+,35-,36+,37+;13-,14+,16-,18?,19+,20-,21+,22+;;;;;;/m00....../s1. The molecule has 16 atom stereocenters. The Hall–Kier alpha value is -3.79. The Balaban J connectivity index is 0.000000289. The number of carbonyl (C=O) groups excluding carboxylic acids is 10. The number of benzene rings is 4. The van der Waals surface area contributed by atoms with Crippen LogP contribution in [0.4, 0.5) is 0 Å². The van der Waals surface area contributed by atoms with Gasteiger partial charge >= 0.3 is 68.4 Å². The van der Waals surface area contributed by atoms with Gasteiger partial charge in [-0.3, -0.25) is 33.6 Å². The molecule has 0 aliphatic heterocycles. The van der Waals surface area contributed by atoms with E-state index in [2.05, 4.69) is 115 Å². The van der Waals surface area contributed by atoms with Gasteiger partial charge in [-0.05, 0) is 134 Å². The smallest absolute Gasteiger partial charge is 0.252 e. The summed E-state index contributed by atoms with van der Waals surface area (Å²) in [5, 5.41) is 72.0. The van der Waals surface area contributed by atoms with Gasteiger partial charge in [0.25, 0.3) is 5.24 Å². The van der Waals surface area contributed by atoms with Crippen molar-refractivity contribution in [3.05, 3.63) is 142 Å². The molecule has 0 heterocycles. The Labute approximate surface area is 676 Å². The van der Waals surface area contributed by atoms with Gasteiger partial charge in [0.2, 0.25) is 11.6 Å². The number of hydrogen-bond acceptors (Lipinski definition) is 20. The van der Waals surface area contributed by atoms with Gasteiger partial charge in [-0.15, -0.1) is 37.1 Å². The molecule has 0 spiro atoms. The van der Waals surface area contributed by atoms with E-state index >= 15 is 0 Å². The first-order chi connectivity index (χ1) is 47.0. The summed E-state index contributed by atoms with van der Waals surface area (Å²) in [6.07, 6.45) is 7.05. The Morgan fingerprint density at radius 2 is 0.932 bits per heavy atom. The fourth-order valence-corrected chi connectivity index (χ4v) is 18.5. The van der Waals surface area contributed by atoms with Crippen LogP contribution in [-0.4, -0.2) is 131 Å². The van der Waals surface area contributed by atoms with E-state index in [1.54, 1.807) is 12.2 Å². The average Bonchev–Trinajstić information content (AvgIpc) is 1.61. The summed E-state index contributed by atoms with van der Waals surface area (Å²) >= 11 is 14.9. The fourth-order valence-electron chi connectivity index (χ4n) is 18.4. The number of fused-ring (bicyclic) bond motifs is 4. The van der Waals surface area contributed by atoms with Gasteiger partial charge in [-0.2, -0.15) is 0 Å². The van der Waals surface area contributed by atoms with Crippen LogP contribution in [0.15, 0.2) is 86.0 Å². The first kappa shape index (κ1) is 89.8. The van der Waals surface area contributed by atoms with Crippen molar-refractivity contribution in [3.63, 3.8) is 0 Å². The van der Waals surface area contributed by atoms with E-state index in [-0.39, 0.29) is 153 Å². The Morgan fingerprint density at radius 1 is 0.573 bits per heavy atom. The maximum Gasteiger partial charge on any atom is 0.252 e. The summed E-state index contributed by atoms with van der Waals surface area (Å²) in [5.74, 6) is -7.48. The number of phenols is 4. The monoisotopic (exact) mass is 2120 g/mol. The third kappa shape index (κ3) is 15.9. The summed E-state index contributed by atoms with van der Waals surface area (Å²) in [5.41, 5.74) is -5.18. The molecule has 0 radical (unpaired) electrons. The molecule has 8 aliphatic rings. The number of halogens is 7. The topological polar surface area (TPSA) is 340 Å². The largest absolute Gasteiger partial charge is 0.507 e. The zero-order valence-corrected chi connectivity index (χ0v) is 70.6. The second kappa shape index (κ2) is 35.3. The number of rotatable bonds is 9. The summed E-state index contributed by atoms with van der Waals surface area (Å²) in [7, 11) is 0. The van der Waals surface area contributed by atoms with Crippen molar-refractivity contribution in [2.45, 2.75) is 159 Å². The van der Waals surface area contributed by atoms with Crippen molar-refractivity contribution in [3.8, 4) is 23.0 Å². The van der Waals surface area contributed by atoms with Crippen LogP contribution in [0.3, 0.4) is 0 Å². The van der Waals surface area contributed by atoms with Gasteiger partial charge in [0.1, 0.15) is 53.4 Å². The molecule has 6 fully saturated rings. The maximum absolute atomic E-state index is 13.6. The minimum absolute atomic E-state index is 0. The minimum Gasteiger partial charge on any atom is -0.507 e. The Morgan fingerprint density at radius 3 is 1.30 bits per heavy atom. The van der Waals surface area contributed by atoms with Crippen molar-refractivity contribution >= 4 is 168 Å². The third-order valence-corrected chi connectivity index (χ3v) is 24.5. The van der Waals surface area contributed by atoms with E-state index in [0.29, 0.717) is 38.9 Å². The van der Waals surface area contributed by atoms with Crippen molar-refractivity contribution in [1.82, 2.24) is 0 Å². The van der Waals surface area contributed by atoms with Gasteiger partial charge < -0.3 is 50.0 Å². The molecule has 12 rings (SSSR count). The van der Waals surface area contributed by atoms with Gasteiger partial charge in [0, 0.05) is 111 Å². The van der Waals surface area contributed by atoms with Crippen LogP contribution in [0, 0.1) is 68.0 Å². The molecular weight excluding hydrogens is 2030 g/mol. The first-order valence-corrected chi connectivity index (χ1v) is 51.9. The summed E-state index contributed by atoms with van der Waals surface area (Å²) < 4.78 is 17.1. The van der Waals surface area contributed by atoms with Crippen molar-refractivity contribution in [2.75, 3.05) is 13.2 Å². The van der Waals surface area contributed by atoms with E-state index < -0.39 is 134 Å². The first-order valence-electron chi connectivity index (χ1n) is 32.6. The normalized spacial score (nSPS) is 31.6. The van der Waals surface area contributed by atoms with Crippen molar-refractivity contribution < 1.29 is 111 Å². The number of esters is 3.